The molecule has 0 amide bonds. The summed E-state index contributed by atoms with van der Waals surface area (Å²) in [7, 11) is 0. The van der Waals surface area contributed by atoms with Crippen molar-refractivity contribution in [2.24, 2.45) is 5.92 Å². The number of halogens is 3. The number of carboxylic acid groups (broad SMARTS) is 1. The van der Waals surface area contributed by atoms with Crippen LogP contribution in [0.3, 0.4) is 0 Å². The summed E-state index contributed by atoms with van der Waals surface area (Å²) in [5, 5.41) is 9.38. The molecule has 2 aromatic rings. The van der Waals surface area contributed by atoms with Gasteiger partial charge in [0.05, 0.1) is 11.5 Å². The summed E-state index contributed by atoms with van der Waals surface area (Å²) in [6.45, 7) is 3.59. The quantitative estimate of drug-likeness (QED) is 0.773. The molecule has 2 nitrogen and oxygen atoms in total. The second-order valence-electron chi connectivity index (χ2n) is 6.19. The van der Waals surface area contributed by atoms with Crippen LogP contribution in [-0.4, -0.2) is 11.1 Å². The van der Waals surface area contributed by atoms with Crippen LogP contribution >= 0.6 is 0 Å². The maximum absolute atomic E-state index is 13.5. The summed E-state index contributed by atoms with van der Waals surface area (Å²) >= 11 is 0. The number of rotatable bonds is 5. The molecule has 0 spiro atoms. The first-order valence-corrected chi connectivity index (χ1v) is 7.69. The molecule has 0 aliphatic heterocycles. The fraction of sp³-hybridized carbons (Fsp3) is 0.316. The molecule has 1 atom stereocenters. The van der Waals surface area contributed by atoms with E-state index in [1.165, 1.54) is 6.07 Å². The van der Waals surface area contributed by atoms with Crippen LogP contribution in [-0.2, 0) is 11.0 Å². The molecule has 0 aliphatic carbocycles. The van der Waals surface area contributed by atoms with E-state index in [4.69, 9.17) is 0 Å². The molecule has 128 valence electrons. The van der Waals surface area contributed by atoms with Gasteiger partial charge in [0, 0.05) is 0 Å². The molecule has 2 aromatic carbocycles. The van der Waals surface area contributed by atoms with E-state index >= 15 is 0 Å². The molecule has 0 radical (unpaired) electrons. The van der Waals surface area contributed by atoms with Crippen LogP contribution in [0.4, 0.5) is 13.2 Å². The largest absolute Gasteiger partial charge is 0.481 e. The van der Waals surface area contributed by atoms with E-state index in [0.29, 0.717) is 11.1 Å². The lowest BCUT2D eigenvalue weighted by Gasteiger charge is -2.21. The van der Waals surface area contributed by atoms with Crippen LogP contribution in [0.15, 0.2) is 48.5 Å². The highest BCUT2D eigenvalue weighted by Crippen LogP contribution is 2.39. The zero-order valence-corrected chi connectivity index (χ0v) is 13.5. The normalized spacial score (nSPS) is 13.1. The van der Waals surface area contributed by atoms with Gasteiger partial charge in [-0.05, 0) is 35.1 Å². The van der Waals surface area contributed by atoms with Crippen LogP contribution in [0.5, 0.6) is 0 Å². The molecular weight excluding hydrogens is 317 g/mol. The van der Waals surface area contributed by atoms with Crippen LogP contribution in [0.2, 0.25) is 0 Å². The number of hydrogen-bond acceptors (Lipinski definition) is 1. The Morgan fingerprint density at radius 3 is 2.17 bits per heavy atom. The number of hydrogen-bond donors (Lipinski definition) is 1. The summed E-state index contributed by atoms with van der Waals surface area (Å²) in [5.74, 6) is -2.44. The third-order valence-electron chi connectivity index (χ3n) is 3.85. The van der Waals surface area contributed by atoms with Crippen molar-refractivity contribution in [2.45, 2.75) is 32.4 Å². The Labute approximate surface area is 138 Å². The van der Waals surface area contributed by atoms with Gasteiger partial charge in [-0.1, -0.05) is 56.3 Å². The van der Waals surface area contributed by atoms with Crippen LogP contribution in [0.25, 0.3) is 11.1 Å². The molecule has 0 saturated carbocycles. The van der Waals surface area contributed by atoms with Crippen LogP contribution < -0.4 is 0 Å². The second-order valence-corrected chi connectivity index (χ2v) is 6.19. The van der Waals surface area contributed by atoms with Gasteiger partial charge in [0.1, 0.15) is 0 Å². The number of carboxylic acids is 1. The number of benzene rings is 2. The van der Waals surface area contributed by atoms with Gasteiger partial charge in [0.15, 0.2) is 0 Å². The third-order valence-corrected chi connectivity index (χ3v) is 3.85. The lowest BCUT2D eigenvalue weighted by atomic mass is 9.86. The van der Waals surface area contributed by atoms with Gasteiger partial charge >= 0.3 is 12.1 Å². The number of carbonyl (C=O) groups is 1. The molecule has 0 aromatic heterocycles. The van der Waals surface area contributed by atoms with E-state index in [2.05, 4.69) is 0 Å². The lowest BCUT2D eigenvalue weighted by molar-refractivity contribution is -0.141. The summed E-state index contributed by atoms with van der Waals surface area (Å²) in [6, 6.07) is 12.6. The van der Waals surface area contributed by atoms with Crippen molar-refractivity contribution in [3.63, 3.8) is 0 Å². The molecule has 0 bridgehead atoms. The van der Waals surface area contributed by atoms with Crippen molar-refractivity contribution < 1.29 is 23.1 Å². The maximum atomic E-state index is 13.5. The smallest absolute Gasteiger partial charge is 0.416 e. The van der Waals surface area contributed by atoms with Crippen molar-refractivity contribution in [1.82, 2.24) is 0 Å². The van der Waals surface area contributed by atoms with E-state index < -0.39 is 23.6 Å². The standard InChI is InChI=1S/C19H19F3O2/c1-12(2)10-16(18(23)24)15-9-8-14(11-17(15)19(20,21)22)13-6-4-3-5-7-13/h3-9,11-12,16H,10H2,1-2H3,(H,23,24). The minimum atomic E-state index is -4.61. The Morgan fingerprint density at radius 1 is 1.04 bits per heavy atom. The highest BCUT2D eigenvalue weighted by atomic mass is 19.4. The van der Waals surface area contributed by atoms with E-state index in [1.54, 1.807) is 50.2 Å². The Hall–Kier alpha value is -2.30. The van der Waals surface area contributed by atoms with E-state index in [1.807, 2.05) is 0 Å². The monoisotopic (exact) mass is 336 g/mol. The first-order valence-electron chi connectivity index (χ1n) is 7.69. The maximum Gasteiger partial charge on any atom is 0.416 e. The molecular formula is C19H19F3O2. The first-order chi connectivity index (χ1) is 11.2. The van der Waals surface area contributed by atoms with Gasteiger partial charge in [0.25, 0.3) is 0 Å². The first kappa shape index (κ1) is 18.0. The highest BCUT2D eigenvalue weighted by molar-refractivity contribution is 5.77. The number of aliphatic carboxylic acids is 1. The lowest BCUT2D eigenvalue weighted by Crippen LogP contribution is -2.19. The van der Waals surface area contributed by atoms with Gasteiger partial charge in [-0.15, -0.1) is 0 Å². The Balaban J connectivity index is 2.58. The van der Waals surface area contributed by atoms with Crippen LogP contribution in [0, 0.1) is 5.92 Å². The molecule has 0 heterocycles. The van der Waals surface area contributed by atoms with Crippen LogP contribution in [0.1, 0.15) is 37.3 Å². The molecule has 1 N–H and O–H groups in total. The minimum Gasteiger partial charge on any atom is -0.481 e. The predicted octanol–water partition coefficient (Wildman–Crippen LogP) is 5.59. The zero-order chi connectivity index (χ0) is 17.9. The van der Waals surface area contributed by atoms with Gasteiger partial charge in [-0.25, -0.2) is 0 Å². The summed E-state index contributed by atoms with van der Waals surface area (Å²) in [6.07, 6.45) is -4.45. The average Bonchev–Trinajstić information content (AvgIpc) is 2.52. The zero-order valence-electron chi connectivity index (χ0n) is 13.5. The van der Waals surface area contributed by atoms with E-state index in [-0.39, 0.29) is 17.9 Å². The molecule has 1 unspecified atom stereocenters. The van der Waals surface area contributed by atoms with Crippen molar-refractivity contribution in [3.05, 3.63) is 59.7 Å². The average molecular weight is 336 g/mol. The minimum absolute atomic E-state index is 0.0269. The van der Waals surface area contributed by atoms with Gasteiger partial charge in [-0.2, -0.15) is 13.2 Å². The number of alkyl halides is 3. The van der Waals surface area contributed by atoms with Crippen molar-refractivity contribution in [2.75, 3.05) is 0 Å². The molecule has 0 saturated heterocycles. The SMILES string of the molecule is CC(C)CC(C(=O)O)c1ccc(-c2ccccc2)cc1C(F)(F)F. The summed E-state index contributed by atoms with van der Waals surface area (Å²) in [5.41, 5.74) is 0.0194. The molecule has 2 rings (SSSR count). The fourth-order valence-electron chi connectivity index (χ4n) is 2.75. The highest BCUT2D eigenvalue weighted by Gasteiger charge is 2.37. The Kier molecular flexibility index (Phi) is 5.32. The molecule has 0 aliphatic rings. The van der Waals surface area contributed by atoms with Crippen molar-refractivity contribution >= 4 is 5.97 Å². The fourth-order valence-corrected chi connectivity index (χ4v) is 2.75. The molecule has 5 heteroatoms. The van der Waals surface area contributed by atoms with E-state index in [9.17, 15) is 23.1 Å². The summed E-state index contributed by atoms with van der Waals surface area (Å²) in [4.78, 5) is 11.5. The van der Waals surface area contributed by atoms with Gasteiger partial charge in [0.2, 0.25) is 0 Å². The van der Waals surface area contributed by atoms with Crippen molar-refractivity contribution in [1.29, 1.82) is 0 Å². The molecule has 24 heavy (non-hydrogen) atoms. The summed E-state index contributed by atoms with van der Waals surface area (Å²) < 4.78 is 40.5. The van der Waals surface area contributed by atoms with E-state index in [0.717, 1.165) is 6.07 Å². The van der Waals surface area contributed by atoms with Gasteiger partial charge in [-0.3, -0.25) is 4.79 Å². The topological polar surface area (TPSA) is 37.3 Å². The van der Waals surface area contributed by atoms with Crippen molar-refractivity contribution in [3.8, 4) is 11.1 Å². The Morgan fingerprint density at radius 2 is 1.67 bits per heavy atom. The molecule has 0 fully saturated rings. The third kappa shape index (κ3) is 4.16. The predicted molar refractivity (Wildman–Crippen MR) is 86.7 cm³/mol. The second kappa shape index (κ2) is 7.07. The van der Waals surface area contributed by atoms with Gasteiger partial charge < -0.3 is 5.11 Å². The Bertz CT molecular complexity index is 706.